The molecule has 1 heterocycles. The minimum Gasteiger partial charge on any atom is -0.378 e. The first-order valence-electron chi connectivity index (χ1n) is 5.15. The van der Waals surface area contributed by atoms with Crippen molar-refractivity contribution in [2.45, 2.75) is 13.0 Å². The highest BCUT2D eigenvalue weighted by atomic mass is 79.9. The Morgan fingerprint density at radius 2 is 2.35 bits per heavy atom. The first-order valence-corrected chi connectivity index (χ1v) is 5.95. The zero-order chi connectivity index (χ0) is 12.3. The maximum Gasteiger partial charge on any atom is 0.100 e. The maximum absolute atomic E-state index is 8.83. The van der Waals surface area contributed by atoms with Gasteiger partial charge in [0.2, 0.25) is 0 Å². The molecule has 86 valence electrons. The van der Waals surface area contributed by atoms with E-state index < -0.39 is 0 Å². The average molecular weight is 291 g/mol. The summed E-state index contributed by atoms with van der Waals surface area (Å²) in [7, 11) is 0. The van der Waals surface area contributed by atoms with E-state index in [4.69, 9.17) is 5.26 Å². The van der Waals surface area contributed by atoms with Gasteiger partial charge in [-0.25, -0.2) is 0 Å². The molecule has 0 saturated heterocycles. The molecule has 2 aromatic rings. The van der Waals surface area contributed by atoms with Gasteiger partial charge in [-0.15, -0.1) is 0 Å². The number of aromatic nitrogens is 2. The molecule has 0 bridgehead atoms. The van der Waals surface area contributed by atoms with Crippen molar-refractivity contribution in [3.05, 3.63) is 46.2 Å². The highest BCUT2D eigenvalue weighted by Crippen LogP contribution is 2.24. The predicted molar refractivity (Wildman–Crippen MR) is 69.5 cm³/mol. The van der Waals surface area contributed by atoms with Gasteiger partial charge in [-0.3, -0.25) is 5.10 Å². The Labute approximate surface area is 108 Å². The molecule has 0 amide bonds. The molecule has 0 aliphatic heterocycles. The van der Waals surface area contributed by atoms with E-state index in [1.807, 2.05) is 18.3 Å². The van der Waals surface area contributed by atoms with Crippen LogP contribution in [0.15, 0.2) is 35.1 Å². The van der Waals surface area contributed by atoms with Crippen LogP contribution in [0.4, 0.5) is 5.69 Å². The van der Waals surface area contributed by atoms with Crippen LogP contribution in [0.5, 0.6) is 0 Å². The number of hydrogen-bond donors (Lipinski definition) is 2. The van der Waals surface area contributed by atoms with Gasteiger partial charge in [-0.2, -0.15) is 10.4 Å². The van der Waals surface area contributed by atoms with Crippen LogP contribution in [0.1, 0.15) is 24.1 Å². The van der Waals surface area contributed by atoms with Crippen LogP contribution in [0.2, 0.25) is 0 Å². The number of nitriles is 1. The lowest BCUT2D eigenvalue weighted by molar-refractivity contribution is 0.886. The van der Waals surface area contributed by atoms with Crippen molar-refractivity contribution in [3.8, 4) is 6.07 Å². The van der Waals surface area contributed by atoms with E-state index in [1.165, 1.54) is 0 Å². The molecule has 0 aliphatic carbocycles. The number of anilines is 1. The summed E-state index contributed by atoms with van der Waals surface area (Å²) in [5, 5.41) is 18.9. The van der Waals surface area contributed by atoms with E-state index >= 15 is 0 Å². The van der Waals surface area contributed by atoms with E-state index in [2.05, 4.69) is 44.4 Å². The van der Waals surface area contributed by atoms with Crippen LogP contribution in [-0.4, -0.2) is 10.2 Å². The van der Waals surface area contributed by atoms with Crippen LogP contribution < -0.4 is 5.32 Å². The van der Waals surface area contributed by atoms with Gasteiger partial charge < -0.3 is 5.32 Å². The Balaban J connectivity index is 2.15. The zero-order valence-corrected chi connectivity index (χ0v) is 10.8. The molecule has 1 atom stereocenters. The minimum atomic E-state index is 0.161. The minimum absolute atomic E-state index is 0.161. The Morgan fingerprint density at radius 3 is 2.94 bits per heavy atom. The first-order chi connectivity index (χ1) is 8.20. The summed E-state index contributed by atoms with van der Waals surface area (Å²) >= 11 is 3.36. The lowest BCUT2D eigenvalue weighted by Gasteiger charge is -2.13. The molecule has 0 aliphatic rings. The van der Waals surface area contributed by atoms with Gasteiger partial charge in [-0.1, -0.05) is 0 Å². The van der Waals surface area contributed by atoms with Crippen LogP contribution >= 0.6 is 15.9 Å². The molecule has 0 spiro atoms. The number of rotatable bonds is 3. The maximum atomic E-state index is 8.83. The molecule has 2 N–H and O–H groups in total. The summed E-state index contributed by atoms with van der Waals surface area (Å²) in [6.07, 6.45) is 3.65. The third-order valence-electron chi connectivity index (χ3n) is 2.49. The van der Waals surface area contributed by atoms with Gasteiger partial charge in [0.25, 0.3) is 0 Å². The molecule has 1 aromatic heterocycles. The van der Waals surface area contributed by atoms with Crippen molar-refractivity contribution >= 4 is 21.6 Å². The van der Waals surface area contributed by atoms with Crippen molar-refractivity contribution in [1.82, 2.24) is 10.2 Å². The fourth-order valence-corrected chi connectivity index (χ4v) is 1.99. The number of halogens is 1. The summed E-state index contributed by atoms with van der Waals surface area (Å²) in [5.74, 6) is 0. The molecule has 1 aromatic carbocycles. The van der Waals surface area contributed by atoms with Crippen molar-refractivity contribution in [3.63, 3.8) is 0 Å². The summed E-state index contributed by atoms with van der Waals surface area (Å²) in [6, 6.07) is 7.85. The fourth-order valence-electron chi connectivity index (χ4n) is 1.53. The van der Waals surface area contributed by atoms with E-state index in [9.17, 15) is 0 Å². The lowest BCUT2D eigenvalue weighted by atomic mass is 10.1. The number of aromatic amines is 1. The van der Waals surface area contributed by atoms with E-state index in [0.29, 0.717) is 5.56 Å². The Hall–Kier alpha value is -1.80. The highest BCUT2D eigenvalue weighted by molar-refractivity contribution is 9.10. The molecule has 5 heteroatoms. The summed E-state index contributed by atoms with van der Waals surface area (Å²) < 4.78 is 0.796. The van der Waals surface area contributed by atoms with E-state index in [0.717, 1.165) is 15.7 Å². The second-order valence-corrected chi connectivity index (χ2v) is 4.56. The number of benzene rings is 1. The molecular weight excluding hydrogens is 280 g/mol. The highest BCUT2D eigenvalue weighted by Gasteiger charge is 2.07. The monoisotopic (exact) mass is 290 g/mol. The standard InChI is InChI=1S/C12H11BrN4/c1-8(10-6-15-16-7-10)17-11-3-2-9(5-14)12(13)4-11/h2-4,6-8,17H,1H3,(H,15,16). The number of nitrogens with one attached hydrogen (secondary N) is 2. The van der Waals surface area contributed by atoms with Gasteiger partial charge in [-0.05, 0) is 41.1 Å². The molecule has 0 saturated carbocycles. The smallest absolute Gasteiger partial charge is 0.100 e. The molecule has 0 fully saturated rings. The summed E-state index contributed by atoms with van der Waals surface area (Å²) in [5.41, 5.74) is 2.68. The van der Waals surface area contributed by atoms with Gasteiger partial charge in [0.15, 0.2) is 0 Å². The molecular formula is C12H11BrN4. The summed E-state index contributed by atoms with van der Waals surface area (Å²) in [4.78, 5) is 0. The molecule has 0 radical (unpaired) electrons. The van der Waals surface area contributed by atoms with Crippen molar-refractivity contribution < 1.29 is 0 Å². The van der Waals surface area contributed by atoms with Crippen molar-refractivity contribution in [2.24, 2.45) is 0 Å². The third-order valence-corrected chi connectivity index (χ3v) is 3.15. The third kappa shape index (κ3) is 2.66. The van der Waals surface area contributed by atoms with E-state index in [-0.39, 0.29) is 6.04 Å². The van der Waals surface area contributed by atoms with Gasteiger partial charge >= 0.3 is 0 Å². The first kappa shape index (κ1) is 11.7. The molecule has 1 unspecified atom stereocenters. The fraction of sp³-hybridized carbons (Fsp3) is 0.167. The molecule has 2 rings (SSSR count). The van der Waals surface area contributed by atoms with Crippen LogP contribution in [0.3, 0.4) is 0 Å². The average Bonchev–Trinajstić information content (AvgIpc) is 2.82. The Bertz CT molecular complexity index is 542. The second kappa shape index (κ2) is 5.02. The Morgan fingerprint density at radius 1 is 1.53 bits per heavy atom. The number of hydrogen-bond acceptors (Lipinski definition) is 3. The summed E-state index contributed by atoms with van der Waals surface area (Å²) in [6.45, 7) is 2.05. The zero-order valence-electron chi connectivity index (χ0n) is 9.24. The number of H-pyrrole nitrogens is 1. The lowest BCUT2D eigenvalue weighted by Crippen LogP contribution is -2.05. The van der Waals surface area contributed by atoms with Crippen molar-refractivity contribution in [2.75, 3.05) is 5.32 Å². The number of nitrogens with zero attached hydrogens (tertiary/aromatic N) is 2. The van der Waals surface area contributed by atoms with Gasteiger partial charge in [0.05, 0.1) is 17.8 Å². The largest absolute Gasteiger partial charge is 0.378 e. The SMILES string of the molecule is CC(Nc1ccc(C#N)c(Br)c1)c1cn[nH]c1. The van der Waals surface area contributed by atoms with E-state index in [1.54, 1.807) is 12.3 Å². The van der Waals surface area contributed by atoms with Gasteiger partial charge in [0.1, 0.15) is 6.07 Å². The van der Waals surface area contributed by atoms with Crippen LogP contribution in [0.25, 0.3) is 0 Å². The normalized spacial score (nSPS) is 11.8. The Kier molecular flexibility index (Phi) is 3.45. The van der Waals surface area contributed by atoms with Crippen molar-refractivity contribution in [1.29, 1.82) is 5.26 Å². The second-order valence-electron chi connectivity index (χ2n) is 3.70. The topological polar surface area (TPSA) is 64.5 Å². The van der Waals surface area contributed by atoms with Gasteiger partial charge in [0, 0.05) is 21.9 Å². The van der Waals surface area contributed by atoms with Crippen LogP contribution in [0, 0.1) is 11.3 Å². The quantitative estimate of drug-likeness (QED) is 0.912. The molecule has 4 nitrogen and oxygen atoms in total. The predicted octanol–water partition coefficient (Wildman–Crippen LogP) is 3.22. The molecule has 17 heavy (non-hydrogen) atoms. The van der Waals surface area contributed by atoms with Crippen LogP contribution in [-0.2, 0) is 0 Å².